The van der Waals surface area contributed by atoms with Gasteiger partial charge in [-0.15, -0.1) is 11.8 Å². The largest absolute Gasteiger partial charge is 0.464 e. The summed E-state index contributed by atoms with van der Waals surface area (Å²) < 4.78 is 7.07. The molecule has 2 aromatic rings. The molecule has 1 aromatic heterocycles. The van der Waals surface area contributed by atoms with Crippen LogP contribution in [0.25, 0.3) is 0 Å². The molecular formula is C14H14BrN3O3S. The Morgan fingerprint density at radius 2 is 2.05 bits per heavy atom. The van der Waals surface area contributed by atoms with Crippen LogP contribution in [-0.4, -0.2) is 34.5 Å². The maximum atomic E-state index is 12.0. The van der Waals surface area contributed by atoms with Crippen LogP contribution < -0.4 is 5.32 Å². The van der Waals surface area contributed by atoms with Gasteiger partial charge in [-0.3, -0.25) is 9.48 Å². The average molecular weight is 384 g/mol. The zero-order valence-electron chi connectivity index (χ0n) is 12.0. The van der Waals surface area contributed by atoms with Crippen molar-refractivity contribution in [2.24, 2.45) is 7.05 Å². The number of aromatic nitrogens is 2. The number of nitrogens with zero attached hydrogens (tertiary/aromatic N) is 2. The van der Waals surface area contributed by atoms with E-state index in [2.05, 4.69) is 31.1 Å². The molecule has 0 bridgehead atoms. The number of nitrogens with one attached hydrogen (secondary N) is 1. The summed E-state index contributed by atoms with van der Waals surface area (Å²) in [6.45, 7) is 0. The second-order valence-corrected chi connectivity index (χ2v) is 6.31. The van der Waals surface area contributed by atoms with Crippen LogP contribution in [0.5, 0.6) is 0 Å². The third kappa shape index (κ3) is 4.35. The highest BCUT2D eigenvalue weighted by atomic mass is 79.9. The number of amides is 1. The number of ether oxygens (including phenoxy) is 1. The molecule has 0 aliphatic heterocycles. The second-order valence-electron chi connectivity index (χ2n) is 4.35. The van der Waals surface area contributed by atoms with E-state index in [4.69, 9.17) is 0 Å². The van der Waals surface area contributed by atoms with E-state index in [9.17, 15) is 9.59 Å². The highest BCUT2D eigenvalue weighted by Gasteiger charge is 2.18. The maximum Gasteiger partial charge on any atom is 0.360 e. The average Bonchev–Trinajstić information content (AvgIpc) is 2.86. The molecule has 1 heterocycles. The Kier molecular flexibility index (Phi) is 5.62. The van der Waals surface area contributed by atoms with E-state index in [1.165, 1.54) is 23.6 Å². The van der Waals surface area contributed by atoms with Gasteiger partial charge in [0.05, 0.1) is 18.6 Å². The Morgan fingerprint density at radius 3 is 2.68 bits per heavy atom. The van der Waals surface area contributed by atoms with Gasteiger partial charge in [-0.1, -0.05) is 15.9 Å². The van der Waals surface area contributed by atoms with E-state index in [-0.39, 0.29) is 17.4 Å². The minimum absolute atomic E-state index is 0.0898. The van der Waals surface area contributed by atoms with Crippen molar-refractivity contribution >= 4 is 45.3 Å². The third-order valence-corrected chi connectivity index (χ3v) is 4.21. The Bertz CT molecular complexity index is 685. The number of esters is 1. The number of methoxy groups -OCH3 is 1. The summed E-state index contributed by atoms with van der Waals surface area (Å²) in [6, 6.07) is 7.67. The van der Waals surface area contributed by atoms with Crippen molar-refractivity contribution in [1.82, 2.24) is 9.78 Å². The molecule has 1 N–H and O–H groups in total. The summed E-state index contributed by atoms with van der Waals surface area (Å²) in [5.74, 6) is -0.570. The summed E-state index contributed by atoms with van der Waals surface area (Å²) in [7, 11) is 2.94. The molecule has 0 atom stereocenters. The van der Waals surface area contributed by atoms with Crippen LogP contribution >= 0.6 is 27.7 Å². The van der Waals surface area contributed by atoms with Gasteiger partial charge in [0, 0.05) is 22.6 Å². The Labute approximate surface area is 140 Å². The van der Waals surface area contributed by atoms with Crippen molar-refractivity contribution in [2.45, 2.75) is 4.90 Å². The van der Waals surface area contributed by atoms with Crippen LogP contribution in [0.4, 0.5) is 5.69 Å². The van der Waals surface area contributed by atoms with Crippen LogP contribution in [0.2, 0.25) is 0 Å². The molecule has 0 spiro atoms. The summed E-state index contributed by atoms with van der Waals surface area (Å²) >= 11 is 4.77. The SMILES string of the molecule is COC(=O)c1nn(C)cc1NC(=O)CSc1ccc(Br)cc1. The van der Waals surface area contributed by atoms with Gasteiger partial charge >= 0.3 is 5.97 Å². The van der Waals surface area contributed by atoms with Gasteiger partial charge in [0.25, 0.3) is 0 Å². The molecule has 0 aliphatic rings. The third-order valence-electron chi connectivity index (χ3n) is 2.67. The molecule has 0 saturated heterocycles. The predicted molar refractivity (Wildman–Crippen MR) is 88.0 cm³/mol. The molecule has 6 nitrogen and oxygen atoms in total. The molecule has 1 amide bonds. The van der Waals surface area contributed by atoms with E-state index >= 15 is 0 Å². The lowest BCUT2D eigenvalue weighted by atomic mass is 10.3. The van der Waals surface area contributed by atoms with E-state index in [0.29, 0.717) is 5.69 Å². The van der Waals surface area contributed by atoms with Gasteiger partial charge in [-0.05, 0) is 24.3 Å². The number of halogens is 1. The monoisotopic (exact) mass is 383 g/mol. The standard InChI is InChI=1S/C14H14BrN3O3S/c1-18-7-11(13(17-18)14(20)21-2)16-12(19)8-22-10-5-3-9(15)4-6-10/h3-7H,8H2,1-2H3,(H,16,19). The number of carbonyl (C=O) groups is 2. The Hall–Kier alpha value is -1.80. The highest BCUT2D eigenvalue weighted by Crippen LogP contribution is 2.21. The minimum atomic E-state index is -0.587. The fourth-order valence-electron chi connectivity index (χ4n) is 1.69. The van der Waals surface area contributed by atoms with Crippen LogP contribution in [0.15, 0.2) is 39.8 Å². The number of hydrogen-bond acceptors (Lipinski definition) is 5. The number of benzene rings is 1. The van der Waals surface area contributed by atoms with Gasteiger partial charge in [0.2, 0.25) is 5.91 Å². The summed E-state index contributed by atoms with van der Waals surface area (Å²) in [4.78, 5) is 24.6. The quantitative estimate of drug-likeness (QED) is 0.634. The van der Waals surface area contributed by atoms with E-state index in [1.54, 1.807) is 13.2 Å². The first-order valence-electron chi connectivity index (χ1n) is 6.30. The molecule has 0 saturated carbocycles. The lowest BCUT2D eigenvalue weighted by Gasteiger charge is -2.04. The van der Waals surface area contributed by atoms with Crippen molar-refractivity contribution in [3.8, 4) is 0 Å². The van der Waals surface area contributed by atoms with Gasteiger partial charge < -0.3 is 10.1 Å². The number of thioether (sulfide) groups is 1. The number of hydrogen-bond donors (Lipinski definition) is 1. The summed E-state index contributed by atoms with van der Waals surface area (Å²) in [5, 5.41) is 6.65. The zero-order valence-corrected chi connectivity index (χ0v) is 14.4. The molecule has 2 rings (SSSR count). The predicted octanol–water partition coefficient (Wildman–Crippen LogP) is 2.70. The molecule has 0 fully saturated rings. The smallest absolute Gasteiger partial charge is 0.360 e. The number of carbonyl (C=O) groups excluding carboxylic acids is 2. The molecule has 8 heteroatoms. The number of aryl methyl sites for hydroxylation is 1. The van der Waals surface area contributed by atoms with E-state index < -0.39 is 5.97 Å². The first kappa shape index (κ1) is 16.6. The fourth-order valence-corrected chi connectivity index (χ4v) is 2.66. The van der Waals surface area contributed by atoms with Gasteiger partial charge in [0.15, 0.2) is 5.69 Å². The van der Waals surface area contributed by atoms with Crippen molar-refractivity contribution in [3.05, 3.63) is 40.6 Å². The molecule has 0 radical (unpaired) electrons. The molecule has 116 valence electrons. The van der Waals surface area contributed by atoms with Gasteiger partial charge in [0.1, 0.15) is 0 Å². The van der Waals surface area contributed by atoms with Gasteiger partial charge in [-0.2, -0.15) is 5.10 Å². The van der Waals surface area contributed by atoms with Crippen molar-refractivity contribution in [3.63, 3.8) is 0 Å². The molecular weight excluding hydrogens is 370 g/mol. The number of rotatable bonds is 5. The maximum absolute atomic E-state index is 12.0. The second kappa shape index (κ2) is 7.46. The van der Waals surface area contributed by atoms with E-state index in [1.807, 2.05) is 24.3 Å². The van der Waals surface area contributed by atoms with Gasteiger partial charge in [-0.25, -0.2) is 4.79 Å². The van der Waals surface area contributed by atoms with Crippen molar-refractivity contribution in [1.29, 1.82) is 0 Å². The van der Waals surface area contributed by atoms with Crippen molar-refractivity contribution < 1.29 is 14.3 Å². The Balaban J connectivity index is 1.97. The molecule has 22 heavy (non-hydrogen) atoms. The fraction of sp³-hybridized carbons (Fsp3) is 0.214. The summed E-state index contributed by atoms with van der Waals surface area (Å²) in [6.07, 6.45) is 1.56. The molecule has 1 aromatic carbocycles. The highest BCUT2D eigenvalue weighted by molar-refractivity contribution is 9.10. The van der Waals surface area contributed by atoms with E-state index in [0.717, 1.165) is 9.37 Å². The molecule has 0 unspecified atom stereocenters. The van der Waals surface area contributed by atoms with Crippen LogP contribution in [-0.2, 0) is 16.6 Å². The lowest BCUT2D eigenvalue weighted by molar-refractivity contribution is -0.113. The van der Waals surface area contributed by atoms with Crippen LogP contribution in [0.1, 0.15) is 10.5 Å². The number of anilines is 1. The molecule has 0 aliphatic carbocycles. The zero-order chi connectivity index (χ0) is 16.1. The Morgan fingerprint density at radius 1 is 1.36 bits per heavy atom. The first-order chi connectivity index (χ1) is 10.5. The topological polar surface area (TPSA) is 73.2 Å². The normalized spacial score (nSPS) is 10.3. The summed E-state index contributed by atoms with van der Waals surface area (Å²) in [5.41, 5.74) is 0.433. The lowest BCUT2D eigenvalue weighted by Crippen LogP contribution is -2.16. The van der Waals surface area contributed by atoms with Crippen LogP contribution in [0.3, 0.4) is 0 Å². The van der Waals surface area contributed by atoms with Crippen LogP contribution in [0, 0.1) is 0 Å². The minimum Gasteiger partial charge on any atom is -0.464 e. The first-order valence-corrected chi connectivity index (χ1v) is 8.07. The van der Waals surface area contributed by atoms with Crippen molar-refractivity contribution in [2.75, 3.05) is 18.2 Å².